The Morgan fingerprint density at radius 2 is 1.17 bits per heavy atom. The summed E-state index contributed by atoms with van der Waals surface area (Å²) in [6.45, 7) is 13.4. The van der Waals surface area contributed by atoms with Gasteiger partial charge in [0.2, 0.25) is 0 Å². The average Bonchev–Trinajstić information content (AvgIpc) is 4.06. The van der Waals surface area contributed by atoms with Crippen LogP contribution in [-0.4, -0.2) is 11.4 Å². The second-order valence-electron chi connectivity index (χ2n) is 20.1. The van der Waals surface area contributed by atoms with E-state index in [0.717, 1.165) is 116 Å². The van der Waals surface area contributed by atoms with Crippen molar-refractivity contribution in [1.29, 1.82) is 0 Å². The van der Waals surface area contributed by atoms with E-state index < -0.39 is 0 Å². The maximum Gasteiger partial charge on any atom is 0.376 e. The first-order valence-electron chi connectivity index (χ1n) is 22.4. The number of rotatable bonds is 2. The fourth-order valence-corrected chi connectivity index (χ4v) is 11.2. The summed E-state index contributed by atoms with van der Waals surface area (Å²) in [7, 11) is 0. The first-order valence-corrected chi connectivity index (χ1v) is 22.4. The third-order valence-corrected chi connectivity index (χ3v) is 14.3. The van der Waals surface area contributed by atoms with Gasteiger partial charge in [0, 0.05) is 49.3 Å². The summed E-state index contributed by atoms with van der Waals surface area (Å²) in [5, 5.41) is 7.78. The fraction of sp³-hybridized carbons (Fsp3) is 0.138. The maximum atomic E-state index is 7.49. The maximum absolute atomic E-state index is 7.49. The molecule has 0 aliphatic carbocycles. The van der Waals surface area contributed by atoms with Crippen LogP contribution in [0.2, 0.25) is 0 Å². The molecule has 0 bridgehead atoms. The molecule has 0 spiro atoms. The molecule has 64 heavy (non-hydrogen) atoms. The Morgan fingerprint density at radius 1 is 0.484 bits per heavy atom. The molecule has 0 atom stereocenters. The number of para-hydroxylation sites is 2. The predicted molar refractivity (Wildman–Crippen MR) is 267 cm³/mol. The van der Waals surface area contributed by atoms with E-state index in [1.807, 2.05) is 0 Å². The molecule has 4 aromatic heterocycles. The zero-order chi connectivity index (χ0) is 43.0. The lowest BCUT2D eigenvalue weighted by Gasteiger charge is -2.40. The lowest BCUT2D eigenvalue weighted by Crippen LogP contribution is -2.60. The SMILES string of the molecule is CC(C)(C)c1ccc(N2B3c4oc5cc(-c6ccccc6)ccc5c4-n4c5ccc(C(C)(C)C)cc5c5c6oc7ccccc7c6c(c3c54)-c3cc4oc5ccccc5c4cc32)cc1. The highest BCUT2D eigenvalue weighted by Gasteiger charge is 2.49. The molecule has 0 saturated heterocycles. The fourth-order valence-electron chi connectivity index (χ4n) is 11.2. The number of hydrogen-bond acceptors (Lipinski definition) is 4. The Bertz CT molecular complexity index is 3980. The molecule has 5 nitrogen and oxygen atoms in total. The second kappa shape index (κ2) is 12.2. The van der Waals surface area contributed by atoms with Crippen molar-refractivity contribution in [3.8, 4) is 27.9 Å². The number of furan rings is 3. The Balaban J connectivity index is 1.22. The van der Waals surface area contributed by atoms with Gasteiger partial charge in [-0.3, -0.25) is 0 Å². The lowest BCUT2D eigenvalue weighted by atomic mass is 9.46. The minimum Gasteiger partial charge on any atom is -0.466 e. The molecular formula is C58H43BN2O3. The summed E-state index contributed by atoms with van der Waals surface area (Å²) in [6.07, 6.45) is 0. The van der Waals surface area contributed by atoms with Gasteiger partial charge in [-0.15, -0.1) is 0 Å². The summed E-state index contributed by atoms with van der Waals surface area (Å²) < 4.78 is 23.9. The van der Waals surface area contributed by atoms with Gasteiger partial charge in [0.1, 0.15) is 33.6 Å². The van der Waals surface area contributed by atoms with Gasteiger partial charge in [-0.05, 0) is 105 Å². The molecule has 0 unspecified atom stereocenters. The van der Waals surface area contributed by atoms with Crippen LogP contribution < -0.4 is 15.9 Å². The standard InChI is InChI=1S/C58H43BN2O3/c1-57(2,3)34-21-24-36(25-22-34)61-44-30-40-37-16-10-12-18-45(37)62-48(40)31-42(44)49-50-38-17-11-13-19-46(38)63-55(50)51-41-29-35(58(4,5)6)23-27-43(41)60-53-39-26-20-33(32-14-8-7-9-15-32)28-47(39)64-56(53)59(61)52(49)54(51)60/h7-31H,1-6H3. The van der Waals surface area contributed by atoms with Gasteiger partial charge in [-0.1, -0.05) is 133 Å². The molecule has 0 amide bonds. The van der Waals surface area contributed by atoms with E-state index in [2.05, 4.69) is 203 Å². The Hall–Kier alpha value is -7.44. The molecular weight excluding hydrogens is 783 g/mol. The van der Waals surface area contributed by atoms with Crippen LogP contribution in [0.25, 0.3) is 105 Å². The van der Waals surface area contributed by atoms with Gasteiger partial charge in [0.05, 0.1) is 22.1 Å². The number of anilines is 2. The molecule has 2 aliphatic heterocycles. The van der Waals surface area contributed by atoms with Crippen molar-refractivity contribution in [3.63, 3.8) is 0 Å². The van der Waals surface area contributed by atoms with Crippen molar-refractivity contribution >= 4 is 106 Å². The van der Waals surface area contributed by atoms with E-state index in [0.29, 0.717) is 0 Å². The second-order valence-corrected chi connectivity index (χ2v) is 20.1. The molecule has 0 radical (unpaired) electrons. The quantitative estimate of drug-likeness (QED) is 0.163. The van der Waals surface area contributed by atoms with Crippen molar-refractivity contribution in [2.24, 2.45) is 0 Å². The first-order chi connectivity index (χ1) is 31.0. The van der Waals surface area contributed by atoms with E-state index in [4.69, 9.17) is 13.3 Å². The van der Waals surface area contributed by atoms with Gasteiger partial charge in [0.15, 0.2) is 0 Å². The van der Waals surface area contributed by atoms with Crippen molar-refractivity contribution < 1.29 is 13.3 Å². The summed E-state index contributed by atoms with van der Waals surface area (Å²) in [5.41, 5.74) is 19.1. The summed E-state index contributed by atoms with van der Waals surface area (Å²) in [4.78, 5) is 2.56. The topological polar surface area (TPSA) is 47.6 Å². The van der Waals surface area contributed by atoms with Crippen molar-refractivity contribution in [2.45, 2.75) is 52.4 Å². The largest absolute Gasteiger partial charge is 0.466 e. The zero-order valence-corrected chi connectivity index (χ0v) is 36.6. The summed E-state index contributed by atoms with van der Waals surface area (Å²) in [5.74, 6) is 0. The third-order valence-electron chi connectivity index (χ3n) is 14.3. The smallest absolute Gasteiger partial charge is 0.376 e. The first kappa shape index (κ1) is 36.1. The van der Waals surface area contributed by atoms with Crippen molar-refractivity contribution in [3.05, 3.63) is 163 Å². The van der Waals surface area contributed by atoms with E-state index in [1.165, 1.54) is 22.0 Å². The van der Waals surface area contributed by atoms with Crippen LogP contribution in [0.15, 0.2) is 165 Å². The van der Waals surface area contributed by atoms with E-state index in [9.17, 15) is 0 Å². The molecule has 0 saturated carbocycles. The number of fused-ring (bicyclic) bond motifs is 18. The minimum atomic E-state index is -0.333. The van der Waals surface area contributed by atoms with Crippen LogP contribution in [0.1, 0.15) is 52.7 Å². The number of aromatic nitrogens is 1. The van der Waals surface area contributed by atoms with Crippen LogP contribution in [0.5, 0.6) is 0 Å². The van der Waals surface area contributed by atoms with Gasteiger partial charge >= 0.3 is 6.85 Å². The number of hydrogen-bond donors (Lipinski definition) is 0. The molecule has 6 heterocycles. The van der Waals surface area contributed by atoms with Gasteiger partial charge < -0.3 is 22.6 Å². The molecule has 12 aromatic rings. The highest BCUT2D eigenvalue weighted by atomic mass is 16.3. The van der Waals surface area contributed by atoms with Crippen LogP contribution in [-0.2, 0) is 10.8 Å². The van der Waals surface area contributed by atoms with E-state index in [-0.39, 0.29) is 17.7 Å². The Labute approximate surface area is 370 Å². The molecule has 14 rings (SSSR count). The lowest BCUT2D eigenvalue weighted by molar-refractivity contribution is 0.590. The predicted octanol–water partition coefficient (Wildman–Crippen LogP) is 14.8. The van der Waals surface area contributed by atoms with Crippen molar-refractivity contribution in [2.75, 3.05) is 4.81 Å². The Kier molecular flexibility index (Phi) is 6.87. The normalized spacial score (nSPS) is 13.7. The van der Waals surface area contributed by atoms with Crippen molar-refractivity contribution in [1.82, 2.24) is 4.57 Å². The number of nitrogens with zero attached hydrogens (tertiary/aromatic N) is 2. The molecule has 8 aromatic carbocycles. The van der Waals surface area contributed by atoms with Crippen LogP contribution in [0.3, 0.4) is 0 Å². The summed E-state index contributed by atoms with van der Waals surface area (Å²) in [6, 6.07) is 55.2. The monoisotopic (exact) mass is 826 g/mol. The average molecular weight is 827 g/mol. The molecule has 6 heteroatoms. The van der Waals surface area contributed by atoms with E-state index in [1.54, 1.807) is 0 Å². The van der Waals surface area contributed by atoms with Crippen LogP contribution in [0, 0.1) is 0 Å². The molecule has 2 aliphatic rings. The van der Waals surface area contributed by atoms with Crippen LogP contribution >= 0.6 is 0 Å². The number of benzene rings is 8. The highest BCUT2D eigenvalue weighted by Crippen LogP contribution is 2.53. The third kappa shape index (κ3) is 4.70. The van der Waals surface area contributed by atoms with Gasteiger partial charge in [-0.25, -0.2) is 0 Å². The molecule has 306 valence electrons. The Morgan fingerprint density at radius 3 is 1.94 bits per heavy atom. The highest BCUT2D eigenvalue weighted by molar-refractivity contribution is 6.93. The van der Waals surface area contributed by atoms with E-state index >= 15 is 0 Å². The molecule has 0 fully saturated rings. The minimum absolute atomic E-state index is 0.00698. The molecule has 0 N–H and O–H groups in total. The summed E-state index contributed by atoms with van der Waals surface area (Å²) >= 11 is 0. The van der Waals surface area contributed by atoms with Gasteiger partial charge in [-0.2, -0.15) is 0 Å². The van der Waals surface area contributed by atoms with Crippen LogP contribution in [0.4, 0.5) is 11.4 Å². The zero-order valence-electron chi connectivity index (χ0n) is 36.6. The van der Waals surface area contributed by atoms with Gasteiger partial charge in [0.25, 0.3) is 0 Å².